The van der Waals surface area contributed by atoms with Crippen LogP contribution in [0.25, 0.3) is 22.0 Å². The molecule has 2 amide bonds. The van der Waals surface area contributed by atoms with Crippen molar-refractivity contribution < 1.29 is 14.3 Å². The number of nitrogens with two attached hydrogens (primary N) is 1. The van der Waals surface area contributed by atoms with E-state index in [1.807, 2.05) is 42.5 Å². The number of anilines is 1. The minimum Gasteiger partial charge on any atom is -0.496 e. The van der Waals surface area contributed by atoms with Crippen LogP contribution in [0.2, 0.25) is 0 Å². The van der Waals surface area contributed by atoms with Gasteiger partial charge in [0.1, 0.15) is 11.6 Å². The lowest BCUT2D eigenvalue weighted by atomic mass is 10.0. The van der Waals surface area contributed by atoms with Crippen LogP contribution in [-0.2, 0) is 0 Å². The smallest absolute Gasteiger partial charge is 0.317 e. The maximum atomic E-state index is 11.3. The number of primary amides is 1. The third-order valence-corrected chi connectivity index (χ3v) is 3.62. The first-order chi connectivity index (χ1) is 11.1. The van der Waals surface area contributed by atoms with Crippen LogP contribution in [0, 0.1) is 0 Å². The fraction of sp³-hybridized carbons (Fsp3) is 0.0588. The van der Waals surface area contributed by atoms with E-state index >= 15 is 0 Å². The lowest BCUT2D eigenvalue weighted by Gasteiger charge is -2.08. The molecule has 2 aromatic carbocycles. The number of ether oxygens (including phenoxy) is 1. The molecule has 0 saturated carbocycles. The summed E-state index contributed by atoms with van der Waals surface area (Å²) in [5.41, 5.74) is 8.08. The van der Waals surface area contributed by atoms with Gasteiger partial charge in [0.15, 0.2) is 6.29 Å². The first kappa shape index (κ1) is 14.6. The summed E-state index contributed by atoms with van der Waals surface area (Å²) in [6, 6.07) is 12.5. The van der Waals surface area contributed by atoms with Crippen molar-refractivity contribution in [2.75, 3.05) is 12.4 Å². The number of amides is 2. The van der Waals surface area contributed by atoms with E-state index < -0.39 is 6.03 Å². The Hall–Kier alpha value is -3.28. The van der Waals surface area contributed by atoms with E-state index in [0.29, 0.717) is 23.1 Å². The largest absolute Gasteiger partial charge is 0.496 e. The standard InChI is InChI=1S/C17H15N3O3/c1-23-15-5-3-2-4-11(15)10-6-7-12-13(9-21)16(20-17(18)22)19-14(12)8-10/h2-9,19H,1H3,(H3,18,20,22). The molecule has 6 nitrogen and oxygen atoms in total. The number of nitrogens with one attached hydrogen (secondary N) is 2. The van der Waals surface area contributed by atoms with Gasteiger partial charge in [0.2, 0.25) is 0 Å². The van der Waals surface area contributed by atoms with E-state index in [0.717, 1.165) is 22.4 Å². The van der Waals surface area contributed by atoms with Crippen molar-refractivity contribution in [1.82, 2.24) is 4.98 Å². The normalized spacial score (nSPS) is 10.5. The lowest BCUT2D eigenvalue weighted by molar-refractivity contribution is 0.112. The van der Waals surface area contributed by atoms with Gasteiger partial charge in [0.25, 0.3) is 0 Å². The summed E-state index contributed by atoms with van der Waals surface area (Å²) >= 11 is 0. The van der Waals surface area contributed by atoms with Gasteiger partial charge in [-0.25, -0.2) is 4.79 Å². The molecule has 4 N–H and O–H groups in total. The number of hydrogen-bond acceptors (Lipinski definition) is 3. The first-order valence-corrected chi connectivity index (χ1v) is 6.94. The highest BCUT2D eigenvalue weighted by molar-refractivity contribution is 6.07. The summed E-state index contributed by atoms with van der Waals surface area (Å²) in [7, 11) is 1.62. The van der Waals surface area contributed by atoms with Gasteiger partial charge in [-0.2, -0.15) is 0 Å². The predicted molar refractivity (Wildman–Crippen MR) is 88.9 cm³/mol. The Labute approximate surface area is 132 Å². The third kappa shape index (κ3) is 2.62. The number of aromatic amines is 1. The predicted octanol–water partition coefficient (Wildman–Crippen LogP) is 3.15. The highest BCUT2D eigenvalue weighted by Crippen LogP contribution is 2.33. The number of hydrogen-bond donors (Lipinski definition) is 3. The number of para-hydroxylation sites is 1. The number of aldehydes is 1. The molecule has 23 heavy (non-hydrogen) atoms. The van der Waals surface area contributed by atoms with Gasteiger partial charge in [-0.3, -0.25) is 10.1 Å². The molecule has 1 aromatic heterocycles. The Morgan fingerprint density at radius 3 is 2.74 bits per heavy atom. The van der Waals surface area contributed by atoms with E-state index in [1.165, 1.54) is 0 Å². The monoisotopic (exact) mass is 309 g/mol. The number of carbonyl (C=O) groups is 2. The Kier molecular flexibility index (Phi) is 3.72. The summed E-state index contributed by atoms with van der Waals surface area (Å²) in [6.07, 6.45) is 0.687. The van der Waals surface area contributed by atoms with Crippen LogP contribution < -0.4 is 15.8 Å². The molecule has 0 unspecified atom stereocenters. The van der Waals surface area contributed by atoms with E-state index in [1.54, 1.807) is 7.11 Å². The minimum atomic E-state index is -0.732. The summed E-state index contributed by atoms with van der Waals surface area (Å²) in [5.74, 6) is 1.05. The molecule has 0 aliphatic rings. The fourth-order valence-electron chi connectivity index (χ4n) is 2.61. The van der Waals surface area contributed by atoms with E-state index in [4.69, 9.17) is 10.5 Å². The summed E-state index contributed by atoms with van der Waals surface area (Å²) in [4.78, 5) is 25.4. The van der Waals surface area contributed by atoms with Crippen LogP contribution >= 0.6 is 0 Å². The maximum absolute atomic E-state index is 11.3. The van der Waals surface area contributed by atoms with Crippen LogP contribution in [0.15, 0.2) is 42.5 Å². The fourth-order valence-corrected chi connectivity index (χ4v) is 2.61. The average molecular weight is 309 g/mol. The second-order valence-electron chi connectivity index (χ2n) is 4.98. The van der Waals surface area contributed by atoms with Crippen molar-refractivity contribution >= 4 is 29.0 Å². The topological polar surface area (TPSA) is 97.2 Å². The lowest BCUT2D eigenvalue weighted by Crippen LogP contribution is -2.20. The zero-order chi connectivity index (χ0) is 16.4. The molecule has 116 valence electrons. The number of H-pyrrole nitrogens is 1. The molecule has 3 rings (SSSR count). The molecule has 0 spiro atoms. The number of rotatable bonds is 4. The number of urea groups is 1. The molecule has 0 aliphatic carbocycles. The van der Waals surface area contributed by atoms with Crippen molar-refractivity contribution in [3.63, 3.8) is 0 Å². The van der Waals surface area contributed by atoms with E-state index in [-0.39, 0.29) is 0 Å². The molecule has 3 aromatic rings. The van der Waals surface area contributed by atoms with Gasteiger partial charge in [0, 0.05) is 16.5 Å². The van der Waals surface area contributed by atoms with Gasteiger partial charge in [-0.1, -0.05) is 30.3 Å². The number of aromatic nitrogens is 1. The zero-order valence-electron chi connectivity index (χ0n) is 12.4. The Bertz CT molecular complexity index is 899. The highest BCUT2D eigenvalue weighted by Gasteiger charge is 2.14. The van der Waals surface area contributed by atoms with Gasteiger partial charge in [-0.05, 0) is 17.7 Å². The van der Waals surface area contributed by atoms with E-state index in [2.05, 4.69) is 10.3 Å². The molecule has 0 radical (unpaired) electrons. The molecule has 1 heterocycles. The molecule has 0 aliphatic heterocycles. The number of carbonyl (C=O) groups excluding carboxylic acids is 2. The van der Waals surface area contributed by atoms with Gasteiger partial charge < -0.3 is 15.5 Å². The van der Waals surface area contributed by atoms with Gasteiger partial charge in [0.05, 0.1) is 12.7 Å². The molecular weight excluding hydrogens is 294 g/mol. The van der Waals surface area contributed by atoms with Crippen molar-refractivity contribution in [3.8, 4) is 16.9 Å². The Morgan fingerprint density at radius 2 is 2.04 bits per heavy atom. The van der Waals surface area contributed by atoms with Crippen molar-refractivity contribution in [2.45, 2.75) is 0 Å². The molecule has 0 saturated heterocycles. The molecule has 6 heteroatoms. The van der Waals surface area contributed by atoms with Crippen LogP contribution in [0.5, 0.6) is 5.75 Å². The van der Waals surface area contributed by atoms with Crippen LogP contribution in [-0.4, -0.2) is 24.4 Å². The second kappa shape index (κ2) is 5.84. The summed E-state index contributed by atoms with van der Waals surface area (Å²) in [6.45, 7) is 0. The third-order valence-electron chi connectivity index (χ3n) is 3.62. The summed E-state index contributed by atoms with van der Waals surface area (Å²) < 4.78 is 5.37. The number of benzene rings is 2. The Balaban J connectivity index is 2.16. The zero-order valence-corrected chi connectivity index (χ0v) is 12.4. The molecule has 0 fully saturated rings. The van der Waals surface area contributed by atoms with Crippen molar-refractivity contribution in [1.29, 1.82) is 0 Å². The number of fused-ring (bicyclic) bond motifs is 1. The molecule has 0 bridgehead atoms. The van der Waals surface area contributed by atoms with Crippen LogP contribution in [0.4, 0.5) is 10.6 Å². The summed E-state index contributed by atoms with van der Waals surface area (Å²) in [5, 5.41) is 3.13. The SMILES string of the molecule is COc1ccccc1-c1ccc2c(C=O)c(NC(N)=O)[nH]c2c1. The maximum Gasteiger partial charge on any atom is 0.317 e. The van der Waals surface area contributed by atoms with Crippen molar-refractivity contribution in [2.24, 2.45) is 5.73 Å². The van der Waals surface area contributed by atoms with Gasteiger partial charge in [-0.15, -0.1) is 0 Å². The Morgan fingerprint density at radius 1 is 1.26 bits per heavy atom. The van der Waals surface area contributed by atoms with Crippen molar-refractivity contribution in [3.05, 3.63) is 48.0 Å². The highest BCUT2D eigenvalue weighted by atomic mass is 16.5. The van der Waals surface area contributed by atoms with Gasteiger partial charge >= 0.3 is 6.03 Å². The average Bonchev–Trinajstić information content (AvgIpc) is 2.89. The minimum absolute atomic E-state index is 0.291. The second-order valence-corrected chi connectivity index (χ2v) is 4.98. The number of methoxy groups -OCH3 is 1. The first-order valence-electron chi connectivity index (χ1n) is 6.94. The molecular formula is C17H15N3O3. The molecule has 0 atom stereocenters. The quantitative estimate of drug-likeness (QED) is 0.646. The van der Waals surface area contributed by atoms with Crippen LogP contribution in [0.3, 0.4) is 0 Å². The van der Waals surface area contributed by atoms with Crippen LogP contribution in [0.1, 0.15) is 10.4 Å². The van der Waals surface area contributed by atoms with E-state index in [9.17, 15) is 9.59 Å².